The minimum atomic E-state index is 0.108. The zero-order valence-electron chi connectivity index (χ0n) is 11.1. The third kappa shape index (κ3) is 2.47. The third-order valence-corrected chi connectivity index (χ3v) is 3.95. The summed E-state index contributed by atoms with van der Waals surface area (Å²) in [7, 11) is 0. The fourth-order valence-corrected chi connectivity index (χ4v) is 2.85. The Morgan fingerprint density at radius 1 is 1.30 bits per heavy atom. The molecule has 2 N–H and O–H groups in total. The summed E-state index contributed by atoms with van der Waals surface area (Å²) in [6.07, 6.45) is 0. The molecule has 0 bridgehead atoms. The number of hydrogen-bond donors (Lipinski definition) is 2. The molecule has 0 saturated heterocycles. The predicted molar refractivity (Wildman–Crippen MR) is 79.3 cm³/mol. The van der Waals surface area contributed by atoms with E-state index in [4.69, 9.17) is 16.3 Å². The molecule has 3 rings (SSSR count). The van der Waals surface area contributed by atoms with E-state index in [1.807, 2.05) is 30.3 Å². The van der Waals surface area contributed by atoms with E-state index < -0.39 is 0 Å². The fourth-order valence-electron chi connectivity index (χ4n) is 2.55. The highest BCUT2D eigenvalue weighted by Gasteiger charge is 2.26. The van der Waals surface area contributed by atoms with E-state index in [0.717, 1.165) is 21.9 Å². The number of hydrogen-bond acceptors (Lipinski definition) is 3. The van der Waals surface area contributed by atoms with E-state index in [0.29, 0.717) is 6.61 Å². The van der Waals surface area contributed by atoms with Crippen molar-refractivity contribution in [2.24, 2.45) is 0 Å². The Morgan fingerprint density at radius 2 is 2.10 bits per heavy atom. The normalized spacial score (nSPS) is 18.4. The number of phenols is 1. The Labute approximate surface area is 123 Å². The molecule has 1 heterocycles. The number of rotatable bonds is 3. The van der Waals surface area contributed by atoms with Gasteiger partial charge in [-0.25, -0.2) is 0 Å². The monoisotopic (exact) mass is 289 g/mol. The van der Waals surface area contributed by atoms with Crippen molar-refractivity contribution in [1.82, 2.24) is 5.32 Å². The van der Waals surface area contributed by atoms with Gasteiger partial charge in [-0.2, -0.15) is 0 Å². The molecule has 2 atom stereocenters. The maximum absolute atomic E-state index is 9.46. The van der Waals surface area contributed by atoms with Crippen molar-refractivity contribution >= 4 is 11.6 Å². The van der Waals surface area contributed by atoms with Gasteiger partial charge in [-0.05, 0) is 30.7 Å². The van der Waals surface area contributed by atoms with Gasteiger partial charge in [-0.15, -0.1) is 0 Å². The standard InChI is InChI=1S/C16H16ClNO2/c1-10(12-4-2-3-5-14(12)17)18-15-9-20-16-8-11(19)6-7-13(15)16/h2-8,10,15,18-19H,9H2,1H3/t10-,15?/m0/s1. The van der Waals surface area contributed by atoms with Crippen LogP contribution in [-0.2, 0) is 0 Å². The summed E-state index contributed by atoms with van der Waals surface area (Å²) in [5.74, 6) is 0.970. The molecule has 0 saturated carbocycles. The van der Waals surface area contributed by atoms with Crippen LogP contribution in [0.25, 0.3) is 0 Å². The van der Waals surface area contributed by atoms with Gasteiger partial charge in [-0.3, -0.25) is 0 Å². The van der Waals surface area contributed by atoms with E-state index in [1.165, 1.54) is 0 Å². The van der Waals surface area contributed by atoms with E-state index in [9.17, 15) is 5.11 Å². The van der Waals surface area contributed by atoms with Crippen molar-refractivity contribution in [1.29, 1.82) is 0 Å². The number of halogens is 1. The molecule has 0 radical (unpaired) electrons. The quantitative estimate of drug-likeness (QED) is 0.902. The Kier molecular flexibility index (Phi) is 3.55. The van der Waals surface area contributed by atoms with Gasteiger partial charge in [0, 0.05) is 22.7 Å². The minimum Gasteiger partial charge on any atom is -0.508 e. The molecule has 3 nitrogen and oxygen atoms in total. The molecule has 104 valence electrons. The second-order valence-electron chi connectivity index (χ2n) is 5.00. The first-order valence-corrected chi connectivity index (χ1v) is 6.99. The van der Waals surface area contributed by atoms with Gasteiger partial charge in [0.25, 0.3) is 0 Å². The lowest BCUT2D eigenvalue weighted by atomic mass is 10.0. The molecule has 0 fully saturated rings. The van der Waals surface area contributed by atoms with Gasteiger partial charge >= 0.3 is 0 Å². The smallest absolute Gasteiger partial charge is 0.127 e. The summed E-state index contributed by atoms with van der Waals surface area (Å²) >= 11 is 6.22. The largest absolute Gasteiger partial charge is 0.508 e. The SMILES string of the molecule is C[C@H](NC1COc2cc(O)ccc21)c1ccccc1Cl. The van der Waals surface area contributed by atoms with E-state index in [1.54, 1.807) is 12.1 Å². The molecule has 1 aliphatic rings. The van der Waals surface area contributed by atoms with Crippen molar-refractivity contribution < 1.29 is 9.84 Å². The van der Waals surface area contributed by atoms with E-state index in [2.05, 4.69) is 12.2 Å². The number of benzene rings is 2. The first-order valence-electron chi connectivity index (χ1n) is 6.61. The van der Waals surface area contributed by atoms with Gasteiger partial charge in [0.1, 0.15) is 18.1 Å². The highest BCUT2D eigenvalue weighted by atomic mass is 35.5. The average molecular weight is 290 g/mol. The van der Waals surface area contributed by atoms with Crippen molar-refractivity contribution in [2.75, 3.05) is 6.61 Å². The number of fused-ring (bicyclic) bond motifs is 1. The zero-order chi connectivity index (χ0) is 14.1. The molecule has 2 aromatic carbocycles. The van der Waals surface area contributed by atoms with Crippen LogP contribution in [0.4, 0.5) is 0 Å². The molecular weight excluding hydrogens is 274 g/mol. The summed E-state index contributed by atoms with van der Waals surface area (Å²) < 4.78 is 5.60. The summed E-state index contributed by atoms with van der Waals surface area (Å²) in [5, 5.41) is 13.7. The van der Waals surface area contributed by atoms with Gasteiger partial charge in [0.05, 0.1) is 6.04 Å². The topological polar surface area (TPSA) is 41.5 Å². The molecule has 20 heavy (non-hydrogen) atoms. The third-order valence-electron chi connectivity index (χ3n) is 3.60. The van der Waals surface area contributed by atoms with Crippen LogP contribution in [0.3, 0.4) is 0 Å². The second kappa shape index (κ2) is 5.35. The summed E-state index contributed by atoms with van der Waals surface area (Å²) in [6.45, 7) is 2.65. The van der Waals surface area contributed by atoms with E-state index >= 15 is 0 Å². The molecule has 0 aliphatic carbocycles. The van der Waals surface area contributed by atoms with Crippen LogP contribution >= 0.6 is 11.6 Å². The molecule has 4 heteroatoms. The van der Waals surface area contributed by atoms with Crippen LogP contribution in [0, 0.1) is 0 Å². The predicted octanol–water partition coefficient (Wildman–Crippen LogP) is 3.83. The molecule has 2 aromatic rings. The van der Waals surface area contributed by atoms with E-state index in [-0.39, 0.29) is 17.8 Å². The molecular formula is C16H16ClNO2. The van der Waals surface area contributed by atoms with Crippen LogP contribution in [0.5, 0.6) is 11.5 Å². The van der Waals surface area contributed by atoms with Crippen LogP contribution < -0.4 is 10.1 Å². The van der Waals surface area contributed by atoms with Crippen LogP contribution in [-0.4, -0.2) is 11.7 Å². The van der Waals surface area contributed by atoms with Gasteiger partial charge < -0.3 is 15.2 Å². The molecule has 0 amide bonds. The molecule has 1 unspecified atom stereocenters. The lowest BCUT2D eigenvalue weighted by molar-refractivity contribution is 0.300. The Morgan fingerprint density at radius 3 is 2.90 bits per heavy atom. The van der Waals surface area contributed by atoms with Crippen molar-refractivity contribution in [3.05, 3.63) is 58.6 Å². The summed E-state index contributed by atoms with van der Waals surface area (Å²) in [4.78, 5) is 0. The lowest BCUT2D eigenvalue weighted by Crippen LogP contribution is -2.25. The first-order chi connectivity index (χ1) is 9.65. The number of ether oxygens (including phenoxy) is 1. The number of aromatic hydroxyl groups is 1. The van der Waals surface area contributed by atoms with Gasteiger partial charge in [0.2, 0.25) is 0 Å². The van der Waals surface area contributed by atoms with Gasteiger partial charge in [0.15, 0.2) is 0 Å². The Bertz CT molecular complexity index is 630. The highest BCUT2D eigenvalue weighted by molar-refractivity contribution is 6.31. The zero-order valence-corrected chi connectivity index (χ0v) is 11.9. The first kappa shape index (κ1) is 13.3. The van der Waals surface area contributed by atoms with Gasteiger partial charge in [-0.1, -0.05) is 29.8 Å². The van der Waals surface area contributed by atoms with Crippen LogP contribution in [0.15, 0.2) is 42.5 Å². The van der Waals surface area contributed by atoms with Crippen LogP contribution in [0.2, 0.25) is 5.02 Å². The number of nitrogens with one attached hydrogen (secondary N) is 1. The lowest BCUT2D eigenvalue weighted by Gasteiger charge is -2.20. The van der Waals surface area contributed by atoms with Crippen molar-refractivity contribution in [3.8, 4) is 11.5 Å². The average Bonchev–Trinajstić information content (AvgIpc) is 2.81. The maximum Gasteiger partial charge on any atom is 0.127 e. The Balaban J connectivity index is 1.79. The van der Waals surface area contributed by atoms with Crippen molar-refractivity contribution in [2.45, 2.75) is 19.0 Å². The summed E-state index contributed by atoms with van der Waals surface area (Å²) in [6, 6.07) is 13.3. The highest BCUT2D eigenvalue weighted by Crippen LogP contribution is 2.36. The number of phenolic OH excluding ortho intramolecular Hbond substituents is 1. The molecule has 1 aliphatic heterocycles. The maximum atomic E-state index is 9.46. The fraction of sp³-hybridized carbons (Fsp3) is 0.250. The summed E-state index contributed by atoms with van der Waals surface area (Å²) in [5.41, 5.74) is 2.14. The Hall–Kier alpha value is -1.71. The molecule has 0 spiro atoms. The van der Waals surface area contributed by atoms with Crippen LogP contribution in [0.1, 0.15) is 30.1 Å². The molecule has 0 aromatic heterocycles. The minimum absolute atomic E-state index is 0.108. The second-order valence-corrected chi connectivity index (χ2v) is 5.40. The van der Waals surface area contributed by atoms with Crippen molar-refractivity contribution in [3.63, 3.8) is 0 Å².